The number of carbonyl (C=O) groups excluding carboxylic acids is 1. The first kappa shape index (κ1) is 87.7. The van der Waals surface area contributed by atoms with E-state index in [9.17, 15) is 45.6 Å². The van der Waals surface area contributed by atoms with Crippen LogP contribution in [0.3, 0.4) is 0 Å². The molecule has 548 valence electrons. The zero-order chi connectivity index (χ0) is 68.7. The van der Waals surface area contributed by atoms with Gasteiger partial charge in [-0.3, -0.25) is 4.79 Å². The lowest BCUT2D eigenvalue weighted by Gasteiger charge is -2.46. The van der Waals surface area contributed by atoms with Crippen LogP contribution < -0.4 is 5.32 Å². The average Bonchev–Trinajstić information content (AvgIpc) is 0.801. The number of hydrogen-bond donors (Lipinski definition) is 9. The quantitative estimate of drug-likeness (QED) is 0.0204. The van der Waals surface area contributed by atoms with Crippen LogP contribution in [0.5, 0.6) is 0 Å². The van der Waals surface area contributed by atoms with E-state index in [-0.39, 0.29) is 18.9 Å². The van der Waals surface area contributed by atoms with E-state index >= 15 is 0 Å². The molecule has 2 heterocycles. The maximum absolute atomic E-state index is 13.4. The van der Waals surface area contributed by atoms with Crippen LogP contribution in [0.1, 0.15) is 303 Å². The van der Waals surface area contributed by atoms with E-state index in [0.29, 0.717) is 6.42 Å². The molecular formula is C81H141NO13. The molecule has 0 aliphatic carbocycles. The van der Waals surface area contributed by atoms with Crippen molar-refractivity contribution in [1.82, 2.24) is 5.32 Å². The molecule has 2 aliphatic heterocycles. The number of amides is 1. The Balaban J connectivity index is 1.67. The van der Waals surface area contributed by atoms with Gasteiger partial charge in [0.15, 0.2) is 12.6 Å². The summed E-state index contributed by atoms with van der Waals surface area (Å²) in [6.45, 7) is 2.70. The molecule has 0 radical (unpaired) electrons. The third kappa shape index (κ3) is 47.4. The normalized spacial score (nSPS) is 23.0. The Hall–Kier alpha value is -3.35. The highest BCUT2D eigenvalue weighted by Gasteiger charge is 2.51. The molecule has 0 saturated carbocycles. The Morgan fingerprint density at radius 3 is 1.12 bits per heavy atom. The van der Waals surface area contributed by atoms with E-state index in [0.717, 1.165) is 109 Å². The van der Waals surface area contributed by atoms with Crippen molar-refractivity contribution < 1.29 is 64.6 Å². The highest BCUT2D eigenvalue weighted by atomic mass is 16.7. The van der Waals surface area contributed by atoms with Crippen LogP contribution in [0.25, 0.3) is 0 Å². The summed E-state index contributed by atoms with van der Waals surface area (Å²) in [5, 5.41) is 87.6. The van der Waals surface area contributed by atoms with Crippen molar-refractivity contribution in [2.75, 3.05) is 19.8 Å². The molecule has 2 rings (SSSR count). The fraction of sp³-hybridized carbons (Fsp3) is 0.765. The molecule has 1 amide bonds. The molecule has 9 N–H and O–H groups in total. The van der Waals surface area contributed by atoms with Crippen LogP contribution >= 0.6 is 0 Å². The van der Waals surface area contributed by atoms with Gasteiger partial charge in [-0.1, -0.05) is 322 Å². The zero-order valence-corrected chi connectivity index (χ0v) is 59.9. The smallest absolute Gasteiger partial charge is 0.220 e. The lowest BCUT2D eigenvalue weighted by atomic mass is 9.97. The molecule has 0 aromatic rings. The average molecular weight is 1340 g/mol. The summed E-state index contributed by atoms with van der Waals surface area (Å²) in [5.74, 6) is -0.255. The van der Waals surface area contributed by atoms with Crippen molar-refractivity contribution in [3.8, 4) is 0 Å². The van der Waals surface area contributed by atoms with Crippen molar-refractivity contribution in [3.05, 3.63) is 109 Å². The van der Waals surface area contributed by atoms with Crippen molar-refractivity contribution in [3.63, 3.8) is 0 Å². The van der Waals surface area contributed by atoms with E-state index in [1.807, 2.05) is 6.08 Å². The van der Waals surface area contributed by atoms with Crippen LogP contribution in [0, 0.1) is 0 Å². The van der Waals surface area contributed by atoms with E-state index in [1.165, 1.54) is 167 Å². The summed E-state index contributed by atoms with van der Waals surface area (Å²) in [6, 6.07) is -0.933. The van der Waals surface area contributed by atoms with Gasteiger partial charge in [-0.05, 0) is 83.5 Å². The maximum atomic E-state index is 13.4. The number of aliphatic hydroxyl groups excluding tert-OH is 8. The lowest BCUT2D eigenvalue weighted by Crippen LogP contribution is -2.65. The molecule has 12 unspecified atom stereocenters. The lowest BCUT2D eigenvalue weighted by molar-refractivity contribution is -0.359. The summed E-state index contributed by atoms with van der Waals surface area (Å²) in [7, 11) is 0. The number of aliphatic hydroxyl groups is 8. The molecule has 14 nitrogen and oxygen atoms in total. The fourth-order valence-corrected chi connectivity index (χ4v) is 12.1. The molecule has 14 heteroatoms. The summed E-state index contributed by atoms with van der Waals surface area (Å²) in [6.07, 6.45) is 75.8. The zero-order valence-electron chi connectivity index (χ0n) is 59.9. The molecule has 0 bridgehead atoms. The minimum atomic E-state index is -1.80. The van der Waals surface area contributed by atoms with Gasteiger partial charge in [-0.15, -0.1) is 0 Å². The first-order valence-electron chi connectivity index (χ1n) is 38.6. The summed E-state index contributed by atoms with van der Waals surface area (Å²) in [5.41, 5.74) is 0. The van der Waals surface area contributed by atoms with Crippen molar-refractivity contribution in [2.45, 2.75) is 376 Å². The van der Waals surface area contributed by atoms with Crippen LogP contribution in [0.15, 0.2) is 109 Å². The SMILES string of the molecule is CC/C=C\C/C=C\C/C=C\C/C=C\C/C=C\C/C=C\C/C=C\C/C=C\CCCCCCCCC(=O)NC(COC1OC(CO)C(OC2OC(CO)C(O)C(O)C2O)C(O)C1O)C(O)/C=C/CCCCCCCCCCCCCCCCCCCCCCCCCCCCCC. The van der Waals surface area contributed by atoms with E-state index in [4.69, 9.17) is 18.9 Å². The van der Waals surface area contributed by atoms with Gasteiger partial charge in [0.25, 0.3) is 0 Å². The first-order valence-corrected chi connectivity index (χ1v) is 38.6. The minimum absolute atomic E-state index is 0.255. The third-order valence-electron chi connectivity index (χ3n) is 18.2. The third-order valence-corrected chi connectivity index (χ3v) is 18.2. The Labute approximate surface area is 578 Å². The minimum Gasteiger partial charge on any atom is -0.394 e. The summed E-state index contributed by atoms with van der Waals surface area (Å²) < 4.78 is 22.9. The maximum Gasteiger partial charge on any atom is 0.220 e. The van der Waals surface area contributed by atoms with Crippen LogP contribution in [0.2, 0.25) is 0 Å². The van der Waals surface area contributed by atoms with Gasteiger partial charge in [-0.2, -0.15) is 0 Å². The molecule has 2 aliphatic rings. The van der Waals surface area contributed by atoms with E-state index in [1.54, 1.807) is 6.08 Å². The van der Waals surface area contributed by atoms with Crippen molar-refractivity contribution >= 4 is 5.91 Å². The van der Waals surface area contributed by atoms with Gasteiger partial charge in [0.1, 0.15) is 48.8 Å². The Morgan fingerprint density at radius 2 is 0.726 bits per heavy atom. The Bertz CT molecular complexity index is 2010. The predicted octanol–water partition coefficient (Wildman–Crippen LogP) is 17.1. The van der Waals surface area contributed by atoms with Crippen LogP contribution in [-0.2, 0) is 23.7 Å². The number of unbranched alkanes of at least 4 members (excludes halogenated alkanes) is 34. The molecule has 95 heavy (non-hydrogen) atoms. The van der Waals surface area contributed by atoms with E-state index in [2.05, 4.69) is 116 Å². The van der Waals surface area contributed by atoms with Crippen molar-refractivity contribution in [1.29, 1.82) is 0 Å². The Morgan fingerprint density at radius 1 is 0.389 bits per heavy atom. The largest absolute Gasteiger partial charge is 0.394 e. The second kappa shape index (κ2) is 64.1. The number of carbonyl (C=O) groups is 1. The Kier molecular flexibility index (Phi) is 59.2. The number of rotatable bonds is 63. The van der Waals surface area contributed by atoms with E-state index < -0.39 is 86.8 Å². The molecular weight excluding hydrogens is 1190 g/mol. The van der Waals surface area contributed by atoms with Crippen LogP contribution in [0.4, 0.5) is 0 Å². The number of hydrogen-bond acceptors (Lipinski definition) is 13. The highest BCUT2D eigenvalue weighted by Crippen LogP contribution is 2.30. The second-order valence-corrected chi connectivity index (χ2v) is 26.8. The molecule has 12 atom stereocenters. The monoisotopic (exact) mass is 1340 g/mol. The number of allylic oxidation sites excluding steroid dienone is 17. The van der Waals surface area contributed by atoms with Gasteiger partial charge in [0.05, 0.1) is 32.0 Å². The number of ether oxygens (including phenoxy) is 4. The summed E-state index contributed by atoms with van der Waals surface area (Å²) in [4.78, 5) is 13.4. The number of nitrogens with one attached hydrogen (secondary N) is 1. The molecule has 0 aromatic heterocycles. The second-order valence-electron chi connectivity index (χ2n) is 26.8. The van der Waals surface area contributed by atoms with Gasteiger partial charge in [0.2, 0.25) is 5.91 Å². The van der Waals surface area contributed by atoms with Gasteiger partial charge in [-0.25, -0.2) is 0 Å². The molecule has 0 spiro atoms. The molecule has 2 fully saturated rings. The van der Waals surface area contributed by atoms with Gasteiger partial charge in [0, 0.05) is 6.42 Å². The fourth-order valence-electron chi connectivity index (χ4n) is 12.1. The van der Waals surface area contributed by atoms with Crippen molar-refractivity contribution in [2.24, 2.45) is 0 Å². The standard InChI is InChI=1S/C81H141NO13/c1-3-5-7-9-11-13-15-17-19-21-23-25-27-29-31-33-35-37-39-41-43-45-47-49-51-53-55-57-59-61-63-65-73(86)82-69(68-92-80-78(91)76(89)79(72(67-84)94-80)95-81-77(90)75(88)74(87)71(66-83)93-81)70(85)64-62-60-58-56-54-52-50-48-46-44-42-40-38-36-34-32-30-28-26-24-22-20-18-16-14-12-10-8-6-4-2/h5,7,11,13,17,19,23,25,29,31,35,37,41,43,47,49,62,64,69-72,74-81,83-85,87-91H,3-4,6,8-10,12,14-16,18,20-22,24,26-28,30,32-34,36,38-40,42,44-46,48,50-61,63,65-68H2,1-2H3,(H,82,86)/b7-5-,13-11-,19-17-,25-23-,31-29-,37-35-,43-41-,49-47-,64-62+. The highest BCUT2D eigenvalue weighted by molar-refractivity contribution is 5.76. The topological polar surface area (TPSA) is 228 Å². The van der Waals surface area contributed by atoms with Crippen LogP contribution in [-0.4, -0.2) is 140 Å². The van der Waals surface area contributed by atoms with Gasteiger partial charge < -0.3 is 65.1 Å². The first-order chi connectivity index (χ1) is 46.6. The molecule has 0 aromatic carbocycles. The predicted molar refractivity (Wildman–Crippen MR) is 392 cm³/mol. The molecule has 2 saturated heterocycles. The summed E-state index contributed by atoms with van der Waals surface area (Å²) >= 11 is 0. The van der Waals surface area contributed by atoms with Gasteiger partial charge >= 0.3 is 0 Å².